The van der Waals surface area contributed by atoms with Crippen LogP contribution < -0.4 is 10.9 Å². The van der Waals surface area contributed by atoms with Gasteiger partial charge in [-0.1, -0.05) is 6.07 Å². The van der Waals surface area contributed by atoms with E-state index in [4.69, 9.17) is 0 Å². The number of benzene rings is 1. The summed E-state index contributed by atoms with van der Waals surface area (Å²) in [6.07, 6.45) is 1.58. The van der Waals surface area contributed by atoms with Crippen LogP contribution in [-0.2, 0) is 11.3 Å². The molecule has 0 aliphatic rings. The third-order valence-electron chi connectivity index (χ3n) is 3.99. The summed E-state index contributed by atoms with van der Waals surface area (Å²) in [5.74, 6) is -0.329. The number of nitrogens with one attached hydrogen (secondary N) is 1. The van der Waals surface area contributed by atoms with Gasteiger partial charge in [0.25, 0.3) is 11.5 Å². The molecule has 0 spiro atoms. The molecule has 0 fully saturated rings. The Morgan fingerprint density at radius 1 is 1.08 bits per heavy atom. The molecule has 0 atom stereocenters. The fourth-order valence-corrected chi connectivity index (χ4v) is 2.53. The van der Waals surface area contributed by atoms with Crippen molar-refractivity contribution in [1.82, 2.24) is 9.47 Å². The van der Waals surface area contributed by atoms with Gasteiger partial charge in [0.15, 0.2) is 0 Å². The van der Waals surface area contributed by atoms with E-state index in [2.05, 4.69) is 5.32 Å². The fraction of sp³-hybridized carbons (Fsp3) is 0.316. The lowest BCUT2D eigenvalue weighted by Gasteiger charge is -2.18. The maximum absolute atomic E-state index is 12.3. The van der Waals surface area contributed by atoms with Crippen molar-refractivity contribution in [3.63, 3.8) is 0 Å². The SMILES string of the molecule is CCN(CC)C(=O)c1ccc(NC(=O)Cn2cccc(C)c2=O)cc1. The first-order valence-corrected chi connectivity index (χ1v) is 8.31. The average Bonchev–Trinajstić information content (AvgIpc) is 2.60. The zero-order valence-corrected chi connectivity index (χ0v) is 14.8. The Labute approximate surface area is 147 Å². The van der Waals surface area contributed by atoms with Crippen LogP contribution in [0.5, 0.6) is 0 Å². The van der Waals surface area contributed by atoms with E-state index in [0.29, 0.717) is 29.9 Å². The Bertz CT molecular complexity index is 805. The first kappa shape index (κ1) is 18.4. The minimum Gasteiger partial charge on any atom is -0.339 e. The number of carbonyl (C=O) groups is 2. The highest BCUT2D eigenvalue weighted by atomic mass is 16.2. The topological polar surface area (TPSA) is 71.4 Å². The quantitative estimate of drug-likeness (QED) is 0.876. The number of rotatable bonds is 6. The van der Waals surface area contributed by atoms with Crippen LogP contribution in [0.3, 0.4) is 0 Å². The zero-order valence-electron chi connectivity index (χ0n) is 14.8. The number of amides is 2. The lowest BCUT2D eigenvalue weighted by Crippen LogP contribution is -2.30. The van der Waals surface area contributed by atoms with Crippen LogP contribution in [0.4, 0.5) is 5.69 Å². The molecule has 0 saturated carbocycles. The summed E-state index contributed by atoms with van der Waals surface area (Å²) in [5, 5.41) is 2.74. The van der Waals surface area contributed by atoms with E-state index < -0.39 is 0 Å². The van der Waals surface area contributed by atoms with E-state index >= 15 is 0 Å². The standard InChI is InChI=1S/C19H23N3O3/c1-4-21(5-2)19(25)15-8-10-16(11-9-15)20-17(23)13-22-12-6-7-14(3)18(22)24/h6-12H,4-5,13H2,1-3H3,(H,20,23). The van der Waals surface area contributed by atoms with E-state index in [1.165, 1.54) is 4.57 Å². The minimum atomic E-state index is -0.296. The molecule has 0 radical (unpaired) electrons. The van der Waals surface area contributed by atoms with Crippen LogP contribution in [0.2, 0.25) is 0 Å². The monoisotopic (exact) mass is 341 g/mol. The van der Waals surface area contributed by atoms with Crippen LogP contribution in [-0.4, -0.2) is 34.4 Å². The van der Waals surface area contributed by atoms with Gasteiger partial charge in [-0.05, 0) is 51.1 Å². The molecule has 132 valence electrons. The van der Waals surface area contributed by atoms with Gasteiger partial charge in [0.2, 0.25) is 5.91 Å². The average molecular weight is 341 g/mol. The van der Waals surface area contributed by atoms with Crippen LogP contribution in [0, 0.1) is 6.92 Å². The third-order valence-corrected chi connectivity index (χ3v) is 3.99. The van der Waals surface area contributed by atoms with Crippen molar-refractivity contribution in [1.29, 1.82) is 0 Å². The van der Waals surface area contributed by atoms with Gasteiger partial charge in [-0.3, -0.25) is 14.4 Å². The molecule has 6 heteroatoms. The second-order valence-corrected chi connectivity index (χ2v) is 5.73. The molecule has 1 heterocycles. The molecule has 0 unspecified atom stereocenters. The summed E-state index contributed by atoms with van der Waals surface area (Å²) in [6, 6.07) is 10.2. The molecule has 2 rings (SSSR count). The molecule has 1 aromatic heterocycles. The van der Waals surface area contributed by atoms with E-state index in [9.17, 15) is 14.4 Å². The summed E-state index contributed by atoms with van der Waals surface area (Å²) in [7, 11) is 0. The number of nitrogens with zero attached hydrogens (tertiary/aromatic N) is 2. The van der Waals surface area contributed by atoms with Crippen molar-refractivity contribution < 1.29 is 9.59 Å². The van der Waals surface area contributed by atoms with Gasteiger partial charge in [-0.15, -0.1) is 0 Å². The van der Waals surface area contributed by atoms with Crippen molar-refractivity contribution in [2.75, 3.05) is 18.4 Å². The van der Waals surface area contributed by atoms with Crippen LogP contribution in [0.1, 0.15) is 29.8 Å². The molecule has 0 saturated heterocycles. The summed E-state index contributed by atoms with van der Waals surface area (Å²) in [6.45, 7) is 6.83. The van der Waals surface area contributed by atoms with Crippen LogP contribution in [0.15, 0.2) is 47.4 Å². The molecule has 2 aromatic rings. The van der Waals surface area contributed by atoms with Gasteiger partial charge in [-0.25, -0.2) is 0 Å². The Kier molecular flexibility index (Phi) is 6.11. The first-order valence-electron chi connectivity index (χ1n) is 8.31. The highest BCUT2D eigenvalue weighted by molar-refractivity contribution is 5.95. The zero-order chi connectivity index (χ0) is 18.4. The van der Waals surface area contributed by atoms with Gasteiger partial charge >= 0.3 is 0 Å². The predicted octanol–water partition coefficient (Wildman–Crippen LogP) is 2.28. The molecule has 1 aromatic carbocycles. The number of aromatic nitrogens is 1. The number of hydrogen-bond donors (Lipinski definition) is 1. The Balaban J connectivity index is 2.03. The molecule has 1 N–H and O–H groups in total. The second-order valence-electron chi connectivity index (χ2n) is 5.73. The van der Waals surface area contributed by atoms with Gasteiger partial charge in [-0.2, -0.15) is 0 Å². The van der Waals surface area contributed by atoms with Crippen LogP contribution >= 0.6 is 0 Å². The summed E-state index contributed by atoms with van der Waals surface area (Å²) in [5.41, 5.74) is 1.57. The smallest absolute Gasteiger partial charge is 0.253 e. The Hall–Kier alpha value is -2.89. The maximum atomic E-state index is 12.3. The summed E-state index contributed by atoms with van der Waals surface area (Å²) >= 11 is 0. The molecule has 6 nitrogen and oxygen atoms in total. The van der Waals surface area contributed by atoms with E-state index in [1.54, 1.807) is 54.4 Å². The van der Waals surface area contributed by atoms with Crippen molar-refractivity contribution >= 4 is 17.5 Å². The number of aryl methyl sites for hydroxylation is 1. The molecule has 0 aliphatic carbocycles. The number of anilines is 1. The van der Waals surface area contributed by atoms with Crippen molar-refractivity contribution in [3.8, 4) is 0 Å². The number of pyridine rings is 1. The van der Waals surface area contributed by atoms with Gasteiger partial charge < -0.3 is 14.8 Å². The fourth-order valence-electron chi connectivity index (χ4n) is 2.53. The van der Waals surface area contributed by atoms with E-state index in [1.807, 2.05) is 13.8 Å². The molecule has 25 heavy (non-hydrogen) atoms. The van der Waals surface area contributed by atoms with Crippen molar-refractivity contribution in [3.05, 3.63) is 64.1 Å². The lowest BCUT2D eigenvalue weighted by molar-refractivity contribution is -0.116. The van der Waals surface area contributed by atoms with E-state index in [-0.39, 0.29) is 23.9 Å². The number of carbonyl (C=O) groups excluding carboxylic acids is 2. The maximum Gasteiger partial charge on any atom is 0.253 e. The van der Waals surface area contributed by atoms with E-state index in [0.717, 1.165) is 0 Å². The first-order chi connectivity index (χ1) is 12.0. The summed E-state index contributed by atoms with van der Waals surface area (Å²) in [4.78, 5) is 38.0. The summed E-state index contributed by atoms with van der Waals surface area (Å²) < 4.78 is 1.36. The van der Waals surface area contributed by atoms with Crippen LogP contribution in [0.25, 0.3) is 0 Å². The van der Waals surface area contributed by atoms with Gasteiger partial charge in [0.1, 0.15) is 6.54 Å². The van der Waals surface area contributed by atoms with Crippen molar-refractivity contribution in [2.45, 2.75) is 27.3 Å². The molecule has 2 amide bonds. The highest BCUT2D eigenvalue weighted by Crippen LogP contribution is 2.12. The molecular weight excluding hydrogens is 318 g/mol. The minimum absolute atomic E-state index is 0.0332. The van der Waals surface area contributed by atoms with Gasteiger partial charge in [0.05, 0.1) is 0 Å². The molecule has 0 bridgehead atoms. The number of hydrogen-bond acceptors (Lipinski definition) is 3. The molecule has 0 aliphatic heterocycles. The lowest BCUT2D eigenvalue weighted by atomic mass is 10.1. The Morgan fingerprint density at radius 2 is 1.72 bits per heavy atom. The largest absolute Gasteiger partial charge is 0.339 e. The van der Waals surface area contributed by atoms with Crippen molar-refractivity contribution in [2.24, 2.45) is 0 Å². The second kappa shape index (κ2) is 8.28. The normalized spacial score (nSPS) is 10.4. The molecular formula is C19H23N3O3. The third kappa shape index (κ3) is 4.56. The van der Waals surface area contributed by atoms with Gasteiger partial charge in [0, 0.05) is 36.1 Å². The highest BCUT2D eigenvalue weighted by Gasteiger charge is 2.12. The Morgan fingerprint density at radius 3 is 2.32 bits per heavy atom. The predicted molar refractivity (Wildman–Crippen MR) is 97.8 cm³/mol.